The molecule has 0 radical (unpaired) electrons. The SMILES string of the molecule is COc1c(N)cc(S(=O)(=O)NCCC2CCC2)cc1F. The summed E-state index contributed by atoms with van der Waals surface area (Å²) in [4.78, 5) is -0.179. The van der Waals surface area contributed by atoms with Crippen molar-refractivity contribution in [2.45, 2.75) is 30.6 Å². The van der Waals surface area contributed by atoms with E-state index >= 15 is 0 Å². The van der Waals surface area contributed by atoms with E-state index in [-0.39, 0.29) is 16.3 Å². The fourth-order valence-electron chi connectivity index (χ4n) is 2.22. The van der Waals surface area contributed by atoms with Gasteiger partial charge in [0.25, 0.3) is 0 Å². The van der Waals surface area contributed by atoms with Gasteiger partial charge >= 0.3 is 0 Å². The van der Waals surface area contributed by atoms with Gasteiger partial charge in [-0.15, -0.1) is 0 Å². The number of ether oxygens (including phenoxy) is 1. The fraction of sp³-hybridized carbons (Fsp3) is 0.538. The zero-order valence-corrected chi connectivity index (χ0v) is 12.2. The Hall–Kier alpha value is -1.34. The molecule has 7 heteroatoms. The number of benzene rings is 1. The minimum Gasteiger partial charge on any atom is -0.492 e. The predicted octanol–water partition coefficient (Wildman–Crippen LogP) is 1.88. The minimum absolute atomic E-state index is 0.0353. The Morgan fingerprint density at radius 3 is 2.65 bits per heavy atom. The van der Waals surface area contributed by atoms with Crippen LogP contribution in [0.5, 0.6) is 5.75 Å². The van der Waals surface area contributed by atoms with Gasteiger partial charge < -0.3 is 10.5 Å². The topological polar surface area (TPSA) is 81.4 Å². The molecule has 1 aliphatic rings. The van der Waals surface area contributed by atoms with Crippen LogP contribution in [0, 0.1) is 11.7 Å². The van der Waals surface area contributed by atoms with Crippen LogP contribution in [0.3, 0.4) is 0 Å². The fourth-order valence-corrected chi connectivity index (χ4v) is 3.32. The quantitative estimate of drug-likeness (QED) is 0.786. The van der Waals surface area contributed by atoms with Crippen molar-refractivity contribution in [1.29, 1.82) is 0 Å². The number of halogens is 1. The summed E-state index contributed by atoms with van der Waals surface area (Å²) < 4.78 is 45.0. The van der Waals surface area contributed by atoms with Crippen molar-refractivity contribution >= 4 is 15.7 Å². The third kappa shape index (κ3) is 3.21. The molecule has 1 aliphatic carbocycles. The highest BCUT2D eigenvalue weighted by atomic mass is 32.2. The third-order valence-electron chi connectivity index (χ3n) is 3.63. The first kappa shape index (κ1) is 15.1. The van der Waals surface area contributed by atoms with Crippen molar-refractivity contribution in [2.75, 3.05) is 19.4 Å². The molecule has 20 heavy (non-hydrogen) atoms. The molecule has 0 aliphatic heterocycles. The van der Waals surface area contributed by atoms with Gasteiger partial charge in [-0.3, -0.25) is 0 Å². The van der Waals surface area contributed by atoms with Crippen molar-refractivity contribution in [3.05, 3.63) is 17.9 Å². The van der Waals surface area contributed by atoms with E-state index in [9.17, 15) is 12.8 Å². The van der Waals surface area contributed by atoms with E-state index in [0.717, 1.165) is 25.3 Å². The summed E-state index contributed by atoms with van der Waals surface area (Å²) in [7, 11) is -2.46. The van der Waals surface area contributed by atoms with E-state index in [1.807, 2.05) is 0 Å². The van der Waals surface area contributed by atoms with E-state index < -0.39 is 15.8 Å². The third-order valence-corrected chi connectivity index (χ3v) is 5.07. The van der Waals surface area contributed by atoms with Crippen LogP contribution in [0.2, 0.25) is 0 Å². The highest BCUT2D eigenvalue weighted by molar-refractivity contribution is 7.89. The molecule has 2 rings (SSSR count). The molecule has 0 bridgehead atoms. The Labute approximate surface area is 118 Å². The Balaban J connectivity index is 2.08. The number of nitrogens with one attached hydrogen (secondary N) is 1. The Bertz CT molecular complexity index is 562. The highest BCUT2D eigenvalue weighted by Crippen LogP contribution is 2.30. The lowest BCUT2D eigenvalue weighted by Gasteiger charge is -2.25. The van der Waals surface area contributed by atoms with Gasteiger partial charge in [0.2, 0.25) is 10.0 Å². The molecule has 1 saturated carbocycles. The summed E-state index contributed by atoms with van der Waals surface area (Å²) in [6, 6.07) is 2.12. The molecule has 0 aromatic heterocycles. The minimum atomic E-state index is -3.74. The maximum absolute atomic E-state index is 13.7. The van der Waals surface area contributed by atoms with Gasteiger partial charge in [0.15, 0.2) is 11.6 Å². The Morgan fingerprint density at radius 1 is 1.45 bits per heavy atom. The first-order valence-electron chi connectivity index (χ1n) is 6.56. The molecule has 0 saturated heterocycles. The largest absolute Gasteiger partial charge is 0.492 e. The number of nitrogen functional groups attached to an aromatic ring is 1. The van der Waals surface area contributed by atoms with Crippen molar-refractivity contribution in [2.24, 2.45) is 5.92 Å². The van der Waals surface area contributed by atoms with Crippen LogP contribution >= 0.6 is 0 Å². The average molecular weight is 302 g/mol. The Morgan fingerprint density at radius 2 is 2.15 bits per heavy atom. The summed E-state index contributed by atoms with van der Waals surface area (Å²) in [5.41, 5.74) is 5.54. The number of rotatable bonds is 6. The molecule has 0 atom stereocenters. The van der Waals surface area contributed by atoms with E-state index in [2.05, 4.69) is 4.72 Å². The van der Waals surface area contributed by atoms with Gasteiger partial charge in [-0.2, -0.15) is 0 Å². The second-order valence-electron chi connectivity index (χ2n) is 5.01. The molecule has 0 amide bonds. The van der Waals surface area contributed by atoms with Crippen molar-refractivity contribution < 1.29 is 17.5 Å². The van der Waals surface area contributed by atoms with Crippen molar-refractivity contribution in [3.8, 4) is 5.75 Å². The maximum atomic E-state index is 13.7. The zero-order chi connectivity index (χ0) is 14.8. The van der Waals surface area contributed by atoms with Crippen LogP contribution in [0.4, 0.5) is 10.1 Å². The van der Waals surface area contributed by atoms with Gasteiger partial charge in [-0.05, 0) is 24.5 Å². The van der Waals surface area contributed by atoms with Crippen LogP contribution in [-0.2, 0) is 10.0 Å². The van der Waals surface area contributed by atoms with Crippen LogP contribution in [0.15, 0.2) is 17.0 Å². The second kappa shape index (κ2) is 5.97. The second-order valence-corrected chi connectivity index (χ2v) is 6.78. The predicted molar refractivity (Wildman–Crippen MR) is 74.5 cm³/mol. The lowest BCUT2D eigenvalue weighted by atomic mass is 9.83. The lowest BCUT2D eigenvalue weighted by molar-refractivity contribution is 0.297. The smallest absolute Gasteiger partial charge is 0.240 e. The van der Waals surface area contributed by atoms with Crippen molar-refractivity contribution in [1.82, 2.24) is 4.72 Å². The molecule has 112 valence electrons. The number of hydrogen-bond acceptors (Lipinski definition) is 4. The molecule has 1 aromatic carbocycles. The van der Waals surface area contributed by atoms with Gasteiger partial charge in [0.1, 0.15) is 0 Å². The highest BCUT2D eigenvalue weighted by Gasteiger charge is 2.21. The molecule has 5 nitrogen and oxygen atoms in total. The number of sulfonamides is 1. The first-order valence-corrected chi connectivity index (χ1v) is 8.05. The van der Waals surface area contributed by atoms with Crippen LogP contribution in [0.1, 0.15) is 25.7 Å². The van der Waals surface area contributed by atoms with Gasteiger partial charge in [0, 0.05) is 6.54 Å². The van der Waals surface area contributed by atoms with Crippen LogP contribution in [0.25, 0.3) is 0 Å². The van der Waals surface area contributed by atoms with E-state index in [0.29, 0.717) is 12.5 Å². The van der Waals surface area contributed by atoms with Crippen molar-refractivity contribution in [3.63, 3.8) is 0 Å². The van der Waals surface area contributed by atoms with Crippen LogP contribution < -0.4 is 15.2 Å². The molecule has 0 heterocycles. The Kier molecular flexibility index (Phi) is 4.49. The molecule has 3 N–H and O–H groups in total. The molecular weight excluding hydrogens is 283 g/mol. The first-order chi connectivity index (χ1) is 9.44. The summed E-state index contributed by atoms with van der Waals surface area (Å²) in [5.74, 6) is -0.319. The average Bonchev–Trinajstić information content (AvgIpc) is 2.32. The number of nitrogens with two attached hydrogens (primary N) is 1. The van der Waals surface area contributed by atoms with E-state index in [1.165, 1.54) is 19.6 Å². The molecule has 1 fully saturated rings. The summed E-state index contributed by atoms with van der Waals surface area (Å²) >= 11 is 0. The molecular formula is C13H19FN2O3S. The zero-order valence-electron chi connectivity index (χ0n) is 11.4. The summed E-state index contributed by atoms with van der Waals surface area (Å²) in [5, 5.41) is 0. The van der Waals surface area contributed by atoms with Gasteiger partial charge in [0.05, 0.1) is 17.7 Å². The summed E-state index contributed by atoms with van der Waals surface area (Å²) in [6.45, 7) is 0.362. The molecule has 0 spiro atoms. The summed E-state index contributed by atoms with van der Waals surface area (Å²) in [6.07, 6.45) is 4.35. The molecule has 1 aromatic rings. The van der Waals surface area contributed by atoms with Crippen LogP contribution in [-0.4, -0.2) is 22.1 Å². The number of hydrogen-bond donors (Lipinski definition) is 2. The van der Waals surface area contributed by atoms with E-state index in [1.54, 1.807) is 0 Å². The normalized spacial score (nSPS) is 15.9. The van der Waals surface area contributed by atoms with Gasteiger partial charge in [-0.25, -0.2) is 17.5 Å². The van der Waals surface area contributed by atoms with Gasteiger partial charge in [-0.1, -0.05) is 19.3 Å². The van der Waals surface area contributed by atoms with E-state index in [4.69, 9.17) is 10.5 Å². The number of anilines is 1. The monoisotopic (exact) mass is 302 g/mol. The standard InChI is InChI=1S/C13H19FN2O3S/c1-19-13-11(14)7-10(8-12(13)15)20(17,18)16-6-5-9-3-2-4-9/h7-9,16H,2-6,15H2,1H3. The lowest BCUT2D eigenvalue weighted by Crippen LogP contribution is -2.27. The molecule has 0 unspecified atom stereocenters. The number of methoxy groups -OCH3 is 1. The maximum Gasteiger partial charge on any atom is 0.240 e.